The Morgan fingerprint density at radius 1 is 0.520 bits per heavy atom. The molecule has 276 valence electrons. The van der Waals surface area contributed by atoms with Crippen LogP contribution >= 0.6 is 0 Å². The second-order valence-corrected chi connectivity index (χ2v) is 27.8. The largest absolute Gasteiger partial charge is 0.544 e. The quantitative estimate of drug-likeness (QED) is 0.180. The van der Waals surface area contributed by atoms with Gasteiger partial charge in [0, 0.05) is 11.8 Å². The van der Waals surface area contributed by atoms with Gasteiger partial charge in [-0.3, -0.25) is 9.59 Å². The second-order valence-electron chi connectivity index (χ2n) is 18.4. The number of carbonyl (C=O) groups excluding carboxylic acids is 2. The monoisotopic (exact) mass is 720 g/mol. The van der Waals surface area contributed by atoms with Crippen LogP contribution in [0.15, 0.2) is 48.5 Å². The van der Waals surface area contributed by atoms with Crippen molar-refractivity contribution in [2.24, 2.45) is 11.8 Å². The molecule has 0 radical (unpaired) electrons. The van der Waals surface area contributed by atoms with E-state index >= 15 is 0 Å². The highest BCUT2D eigenvalue weighted by molar-refractivity contribution is 6.75. The molecule has 3 saturated carbocycles. The minimum absolute atomic E-state index is 0.0634. The summed E-state index contributed by atoms with van der Waals surface area (Å²) in [6.07, 6.45) is 10.2. The van der Waals surface area contributed by atoms with E-state index in [1.807, 2.05) is 24.3 Å². The van der Waals surface area contributed by atoms with E-state index in [4.69, 9.17) is 18.3 Å². The first-order chi connectivity index (χ1) is 23.4. The summed E-state index contributed by atoms with van der Waals surface area (Å²) < 4.78 is 25.8. The molecule has 0 aromatic heterocycles. The molecule has 2 aromatic carbocycles. The third kappa shape index (κ3) is 8.71. The van der Waals surface area contributed by atoms with Gasteiger partial charge in [0.15, 0.2) is 0 Å². The van der Waals surface area contributed by atoms with E-state index < -0.39 is 28.5 Å². The van der Waals surface area contributed by atoms with Gasteiger partial charge in [0.1, 0.15) is 23.7 Å². The van der Waals surface area contributed by atoms with E-state index in [1.54, 1.807) is 0 Å². The predicted octanol–water partition coefficient (Wildman–Crippen LogP) is 11.3. The molecular weight excluding hydrogens is 657 g/mol. The van der Waals surface area contributed by atoms with E-state index in [0.717, 1.165) is 74.0 Å². The molecule has 8 heteroatoms. The van der Waals surface area contributed by atoms with E-state index in [9.17, 15) is 9.59 Å². The Labute approximate surface area is 304 Å². The van der Waals surface area contributed by atoms with Crippen molar-refractivity contribution in [2.45, 2.75) is 166 Å². The van der Waals surface area contributed by atoms with Crippen LogP contribution in [0.2, 0.25) is 36.3 Å². The zero-order chi connectivity index (χ0) is 36.5. The van der Waals surface area contributed by atoms with Crippen molar-refractivity contribution < 1.29 is 27.9 Å². The maximum atomic E-state index is 14.3. The van der Waals surface area contributed by atoms with Crippen LogP contribution in [0.1, 0.15) is 129 Å². The SMILES string of the molecule is CC(C)(C)[Si](C)(C)Oc1ccc(C2C(C(=O)OC3CCCCC3)C(c3ccc(O[Si](C)(C)C(C)(C)C)cc3)C2C(=O)OC2CCCCC2)cc1. The van der Waals surface area contributed by atoms with Crippen molar-refractivity contribution in [3.8, 4) is 11.5 Å². The van der Waals surface area contributed by atoms with Crippen LogP contribution in [0.3, 0.4) is 0 Å². The molecule has 50 heavy (non-hydrogen) atoms. The van der Waals surface area contributed by atoms with Gasteiger partial charge in [-0.15, -0.1) is 0 Å². The Morgan fingerprint density at radius 3 is 1.10 bits per heavy atom. The first-order valence-corrected chi connectivity index (χ1v) is 25.2. The number of ether oxygens (including phenoxy) is 2. The topological polar surface area (TPSA) is 71.1 Å². The summed E-state index contributed by atoms with van der Waals surface area (Å²) in [5, 5.41) is 0.139. The molecular formula is C42H64O6Si2. The van der Waals surface area contributed by atoms with Gasteiger partial charge in [0.25, 0.3) is 0 Å². The molecule has 0 N–H and O–H groups in total. The first kappa shape index (κ1) is 38.6. The number of rotatable bonds is 10. The number of benzene rings is 2. The maximum absolute atomic E-state index is 14.3. The van der Waals surface area contributed by atoms with Gasteiger partial charge in [0.05, 0.1) is 11.8 Å². The van der Waals surface area contributed by atoms with Gasteiger partial charge in [-0.1, -0.05) is 78.6 Å². The Bertz CT molecular complexity index is 1320. The molecule has 0 unspecified atom stereocenters. The highest BCUT2D eigenvalue weighted by Gasteiger charge is 2.60. The van der Waals surface area contributed by atoms with Gasteiger partial charge in [-0.2, -0.15) is 0 Å². The highest BCUT2D eigenvalue weighted by Crippen LogP contribution is 2.59. The predicted molar refractivity (Wildman–Crippen MR) is 207 cm³/mol. The number of esters is 2. The summed E-state index contributed by atoms with van der Waals surface area (Å²) in [4.78, 5) is 28.7. The molecule has 0 spiro atoms. The molecule has 6 nitrogen and oxygen atoms in total. The molecule has 0 amide bonds. The molecule has 0 aliphatic heterocycles. The molecule has 5 rings (SSSR count). The molecule has 3 aliphatic carbocycles. The Hall–Kier alpha value is -2.59. The minimum Gasteiger partial charge on any atom is -0.544 e. The Kier molecular flexibility index (Phi) is 11.7. The lowest BCUT2D eigenvalue weighted by molar-refractivity contribution is -0.174. The van der Waals surface area contributed by atoms with Crippen LogP contribution in [0.25, 0.3) is 0 Å². The normalized spacial score (nSPS) is 24.2. The van der Waals surface area contributed by atoms with Crippen LogP contribution < -0.4 is 8.85 Å². The van der Waals surface area contributed by atoms with Crippen molar-refractivity contribution in [2.75, 3.05) is 0 Å². The third-order valence-corrected chi connectivity index (χ3v) is 21.4. The smallest absolute Gasteiger partial charge is 0.310 e. The molecule has 2 aromatic rings. The van der Waals surface area contributed by atoms with E-state index in [1.165, 1.54) is 12.8 Å². The van der Waals surface area contributed by atoms with Crippen LogP contribution in [-0.2, 0) is 19.1 Å². The summed E-state index contributed by atoms with van der Waals surface area (Å²) in [5.74, 6) is -0.434. The lowest BCUT2D eigenvalue weighted by atomic mass is 9.52. The zero-order valence-corrected chi connectivity index (χ0v) is 34.6. The van der Waals surface area contributed by atoms with Crippen molar-refractivity contribution in [3.05, 3.63) is 59.7 Å². The summed E-state index contributed by atoms with van der Waals surface area (Å²) in [6.45, 7) is 22.4. The first-order valence-electron chi connectivity index (χ1n) is 19.4. The molecule has 0 atom stereocenters. The molecule has 0 heterocycles. The van der Waals surface area contributed by atoms with Gasteiger partial charge in [0.2, 0.25) is 16.6 Å². The second kappa shape index (κ2) is 15.2. The van der Waals surface area contributed by atoms with Gasteiger partial charge >= 0.3 is 11.9 Å². The van der Waals surface area contributed by atoms with Crippen molar-refractivity contribution in [1.82, 2.24) is 0 Å². The number of carbonyl (C=O) groups is 2. The molecule has 0 bridgehead atoms. The summed E-state index contributed by atoms with van der Waals surface area (Å²) >= 11 is 0. The van der Waals surface area contributed by atoms with Crippen LogP contribution in [0.5, 0.6) is 11.5 Å². The van der Waals surface area contributed by atoms with Crippen molar-refractivity contribution in [1.29, 1.82) is 0 Å². The average Bonchev–Trinajstić information content (AvgIpc) is 3.02. The number of hydrogen-bond acceptors (Lipinski definition) is 6. The van der Waals surface area contributed by atoms with Crippen molar-refractivity contribution >= 4 is 28.6 Å². The highest BCUT2D eigenvalue weighted by atomic mass is 28.4. The van der Waals surface area contributed by atoms with Crippen LogP contribution in [-0.4, -0.2) is 40.8 Å². The number of hydrogen-bond donors (Lipinski definition) is 0. The van der Waals surface area contributed by atoms with E-state index in [2.05, 4.69) is 92.0 Å². The van der Waals surface area contributed by atoms with E-state index in [-0.39, 0.29) is 46.1 Å². The van der Waals surface area contributed by atoms with Gasteiger partial charge < -0.3 is 18.3 Å². The van der Waals surface area contributed by atoms with Gasteiger partial charge in [-0.05, 0) is 123 Å². The Morgan fingerprint density at radius 2 is 0.820 bits per heavy atom. The fraction of sp³-hybridized carbons (Fsp3) is 0.667. The summed E-state index contributed by atoms with van der Waals surface area (Å²) in [7, 11) is -4.08. The van der Waals surface area contributed by atoms with Crippen molar-refractivity contribution in [3.63, 3.8) is 0 Å². The fourth-order valence-electron chi connectivity index (χ4n) is 7.43. The van der Waals surface area contributed by atoms with E-state index in [0.29, 0.717) is 0 Å². The fourth-order valence-corrected chi connectivity index (χ4v) is 9.49. The standard InChI is InChI=1S/C42H64O6Si2/c1-41(2,3)49(7,8)47-33-25-21-29(22-26-33)35-37(39(43)45-31-17-13-11-14-18-31)36(38(35)40(44)46-32-19-15-12-16-20-32)30-23-27-34(28-24-30)48-50(9,10)42(4,5)6/h21-28,31-32,35-38H,11-20H2,1-10H3. The molecule has 0 saturated heterocycles. The summed E-state index contributed by atoms with van der Waals surface area (Å²) in [6, 6.07) is 16.3. The average molecular weight is 721 g/mol. The lowest BCUT2D eigenvalue weighted by Gasteiger charge is -2.50. The maximum Gasteiger partial charge on any atom is 0.310 e. The van der Waals surface area contributed by atoms with Crippen LogP contribution in [0.4, 0.5) is 0 Å². The van der Waals surface area contributed by atoms with Crippen LogP contribution in [0, 0.1) is 11.8 Å². The lowest BCUT2D eigenvalue weighted by Crippen LogP contribution is -2.53. The zero-order valence-electron chi connectivity index (χ0n) is 32.6. The third-order valence-electron chi connectivity index (χ3n) is 12.7. The van der Waals surface area contributed by atoms with Gasteiger partial charge in [-0.25, -0.2) is 0 Å². The summed E-state index contributed by atoms with van der Waals surface area (Å²) in [5.41, 5.74) is 1.91. The Balaban J connectivity index is 1.50. The molecule has 3 fully saturated rings. The molecule has 3 aliphatic rings. The minimum atomic E-state index is -2.04.